The lowest BCUT2D eigenvalue weighted by molar-refractivity contribution is -0.136. The lowest BCUT2D eigenvalue weighted by atomic mass is 9.66. The molecule has 3 rings (SSSR count). The lowest BCUT2D eigenvalue weighted by Crippen LogP contribution is -2.46. The van der Waals surface area contributed by atoms with Crippen LogP contribution in [0.25, 0.3) is 0 Å². The van der Waals surface area contributed by atoms with E-state index in [0.29, 0.717) is 17.6 Å². The zero-order valence-electron chi connectivity index (χ0n) is 15.6. The van der Waals surface area contributed by atoms with E-state index in [4.69, 9.17) is 0 Å². The number of hydrogen-bond donors (Lipinski definition) is 0. The molecule has 2 aliphatic rings. The molecule has 4 atom stereocenters. The standard InChI is InChI=1S/C22H33NO/c1-16(2)19-13-12-17(3)20(22(19)24)21(18-10-6-4-7-11-18)23-14-8-5-9-15-23/h4,6-7,10-11,16-17,19-21H,5,8-9,12-15H2,1-3H3/t17-,19+,20?,21?/m1/s1. The van der Waals surface area contributed by atoms with Crippen LogP contribution in [0.3, 0.4) is 0 Å². The van der Waals surface area contributed by atoms with Crippen molar-refractivity contribution >= 4 is 5.78 Å². The zero-order chi connectivity index (χ0) is 17.1. The summed E-state index contributed by atoms with van der Waals surface area (Å²) in [6, 6.07) is 11.1. The number of rotatable bonds is 4. The Morgan fingerprint density at radius 1 is 1.00 bits per heavy atom. The monoisotopic (exact) mass is 327 g/mol. The maximum atomic E-state index is 13.4. The average Bonchev–Trinajstić information content (AvgIpc) is 2.59. The van der Waals surface area contributed by atoms with Gasteiger partial charge in [0.2, 0.25) is 0 Å². The first kappa shape index (κ1) is 17.7. The minimum absolute atomic E-state index is 0.159. The summed E-state index contributed by atoms with van der Waals surface area (Å²) in [6.07, 6.45) is 6.14. The Balaban J connectivity index is 1.95. The number of nitrogens with zero attached hydrogens (tertiary/aromatic N) is 1. The Bertz CT molecular complexity index is 532. The number of carbonyl (C=O) groups is 1. The van der Waals surface area contributed by atoms with E-state index in [2.05, 4.69) is 56.0 Å². The smallest absolute Gasteiger partial charge is 0.141 e. The summed E-state index contributed by atoms with van der Waals surface area (Å²) in [4.78, 5) is 16.0. The third kappa shape index (κ3) is 3.59. The summed E-state index contributed by atoms with van der Waals surface area (Å²) in [5, 5.41) is 0. The van der Waals surface area contributed by atoms with Crippen LogP contribution < -0.4 is 0 Å². The molecular formula is C22H33NO. The molecule has 0 radical (unpaired) electrons. The predicted molar refractivity (Wildman–Crippen MR) is 99.8 cm³/mol. The topological polar surface area (TPSA) is 20.3 Å². The highest BCUT2D eigenvalue weighted by atomic mass is 16.1. The van der Waals surface area contributed by atoms with E-state index in [1.807, 2.05) is 0 Å². The highest BCUT2D eigenvalue weighted by molar-refractivity contribution is 5.85. The van der Waals surface area contributed by atoms with Gasteiger partial charge in [-0.25, -0.2) is 0 Å². The summed E-state index contributed by atoms with van der Waals surface area (Å²) in [7, 11) is 0. The first-order chi connectivity index (χ1) is 11.6. The van der Waals surface area contributed by atoms with Gasteiger partial charge in [0.15, 0.2) is 0 Å². The van der Waals surface area contributed by atoms with E-state index in [1.165, 1.54) is 31.2 Å². The summed E-state index contributed by atoms with van der Waals surface area (Å²) in [6.45, 7) is 9.02. The van der Waals surface area contributed by atoms with E-state index >= 15 is 0 Å². The average molecular weight is 328 g/mol. The lowest BCUT2D eigenvalue weighted by Gasteiger charge is -2.45. The molecule has 1 saturated heterocycles. The van der Waals surface area contributed by atoms with Gasteiger partial charge >= 0.3 is 0 Å². The molecule has 1 aliphatic heterocycles. The van der Waals surface area contributed by atoms with E-state index in [1.54, 1.807) is 0 Å². The third-order valence-electron chi connectivity index (χ3n) is 6.31. The Labute approximate surface area is 147 Å². The molecular weight excluding hydrogens is 294 g/mol. The normalized spacial score (nSPS) is 30.5. The minimum Gasteiger partial charge on any atom is -0.299 e. The zero-order valence-corrected chi connectivity index (χ0v) is 15.6. The van der Waals surface area contributed by atoms with Crippen molar-refractivity contribution in [3.63, 3.8) is 0 Å². The van der Waals surface area contributed by atoms with Crippen molar-refractivity contribution in [3.8, 4) is 0 Å². The fourth-order valence-corrected chi connectivity index (χ4v) is 4.91. The molecule has 2 unspecified atom stereocenters. The molecule has 0 N–H and O–H groups in total. The first-order valence-electron chi connectivity index (χ1n) is 9.92. The summed E-state index contributed by atoms with van der Waals surface area (Å²) >= 11 is 0. The number of piperidine rings is 1. The number of carbonyl (C=O) groups excluding carboxylic acids is 1. The Kier molecular flexibility index (Phi) is 5.76. The van der Waals surface area contributed by atoms with Gasteiger partial charge in [-0.05, 0) is 56.2 Å². The fraction of sp³-hybridized carbons (Fsp3) is 0.682. The third-order valence-corrected chi connectivity index (χ3v) is 6.31. The Morgan fingerprint density at radius 3 is 2.29 bits per heavy atom. The van der Waals surface area contributed by atoms with E-state index in [0.717, 1.165) is 19.5 Å². The second-order valence-electron chi connectivity index (χ2n) is 8.29. The fourth-order valence-electron chi connectivity index (χ4n) is 4.91. The molecule has 1 aromatic rings. The van der Waals surface area contributed by atoms with Crippen LogP contribution in [0.5, 0.6) is 0 Å². The molecule has 1 saturated carbocycles. The van der Waals surface area contributed by atoms with Crippen LogP contribution in [-0.2, 0) is 4.79 Å². The highest BCUT2D eigenvalue weighted by Crippen LogP contribution is 2.44. The van der Waals surface area contributed by atoms with Crippen LogP contribution >= 0.6 is 0 Å². The van der Waals surface area contributed by atoms with Gasteiger partial charge < -0.3 is 0 Å². The van der Waals surface area contributed by atoms with Crippen LogP contribution in [0, 0.1) is 23.7 Å². The first-order valence-corrected chi connectivity index (χ1v) is 9.92. The molecule has 2 nitrogen and oxygen atoms in total. The molecule has 1 aromatic carbocycles. The second-order valence-corrected chi connectivity index (χ2v) is 8.29. The van der Waals surface area contributed by atoms with Gasteiger partial charge in [-0.15, -0.1) is 0 Å². The van der Waals surface area contributed by atoms with Crippen molar-refractivity contribution in [3.05, 3.63) is 35.9 Å². The number of ketones is 1. The maximum absolute atomic E-state index is 13.4. The molecule has 1 heterocycles. The summed E-state index contributed by atoms with van der Waals surface area (Å²) < 4.78 is 0. The van der Waals surface area contributed by atoms with Crippen LogP contribution in [0.4, 0.5) is 0 Å². The Morgan fingerprint density at radius 2 is 1.67 bits per heavy atom. The van der Waals surface area contributed by atoms with E-state index in [-0.39, 0.29) is 17.9 Å². The van der Waals surface area contributed by atoms with Gasteiger partial charge in [0.25, 0.3) is 0 Å². The molecule has 0 bridgehead atoms. The SMILES string of the molecule is CC(C)[C@@H]1CC[C@@H](C)C(C(c2ccccc2)N2CCCCC2)C1=O. The molecule has 2 fully saturated rings. The molecule has 24 heavy (non-hydrogen) atoms. The van der Waals surface area contributed by atoms with Crippen molar-refractivity contribution in [2.45, 2.75) is 58.9 Å². The molecule has 0 spiro atoms. The van der Waals surface area contributed by atoms with Crippen LogP contribution in [-0.4, -0.2) is 23.8 Å². The quantitative estimate of drug-likeness (QED) is 0.766. The van der Waals surface area contributed by atoms with Gasteiger partial charge in [-0.3, -0.25) is 9.69 Å². The number of hydrogen-bond acceptors (Lipinski definition) is 2. The van der Waals surface area contributed by atoms with E-state index < -0.39 is 0 Å². The van der Waals surface area contributed by atoms with Crippen LogP contribution in [0.15, 0.2) is 30.3 Å². The number of Topliss-reactive ketones (excluding diaryl/α,β-unsaturated/α-hetero) is 1. The van der Waals surface area contributed by atoms with Crippen LogP contribution in [0.2, 0.25) is 0 Å². The molecule has 0 amide bonds. The van der Waals surface area contributed by atoms with Crippen molar-refractivity contribution in [1.29, 1.82) is 0 Å². The van der Waals surface area contributed by atoms with Crippen molar-refractivity contribution in [2.75, 3.05) is 13.1 Å². The second kappa shape index (κ2) is 7.82. The number of likely N-dealkylation sites (tertiary alicyclic amines) is 1. The van der Waals surface area contributed by atoms with Gasteiger partial charge in [-0.2, -0.15) is 0 Å². The van der Waals surface area contributed by atoms with Crippen molar-refractivity contribution < 1.29 is 4.79 Å². The van der Waals surface area contributed by atoms with Gasteiger partial charge in [0, 0.05) is 17.9 Å². The molecule has 1 aliphatic carbocycles. The maximum Gasteiger partial charge on any atom is 0.141 e. The van der Waals surface area contributed by atoms with E-state index in [9.17, 15) is 4.79 Å². The van der Waals surface area contributed by atoms with Gasteiger partial charge in [0.05, 0.1) is 0 Å². The van der Waals surface area contributed by atoms with Crippen LogP contribution in [0.1, 0.15) is 64.5 Å². The predicted octanol–water partition coefficient (Wildman–Crippen LogP) is 5.10. The molecule has 0 aromatic heterocycles. The highest BCUT2D eigenvalue weighted by Gasteiger charge is 2.44. The molecule has 2 heteroatoms. The molecule has 132 valence electrons. The summed E-state index contributed by atoms with van der Waals surface area (Å²) in [5.74, 6) is 1.89. The summed E-state index contributed by atoms with van der Waals surface area (Å²) in [5.41, 5.74) is 1.34. The van der Waals surface area contributed by atoms with Crippen molar-refractivity contribution in [1.82, 2.24) is 4.90 Å². The Hall–Kier alpha value is -1.15. The van der Waals surface area contributed by atoms with Crippen molar-refractivity contribution in [2.24, 2.45) is 23.7 Å². The minimum atomic E-state index is 0.159. The number of benzene rings is 1. The van der Waals surface area contributed by atoms with Gasteiger partial charge in [-0.1, -0.05) is 57.5 Å². The largest absolute Gasteiger partial charge is 0.299 e. The van der Waals surface area contributed by atoms with Gasteiger partial charge in [0.1, 0.15) is 5.78 Å².